The van der Waals surface area contributed by atoms with E-state index in [4.69, 9.17) is 4.74 Å². The molecule has 0 aliphatic carbocycles. The van der Waals surface area contributed by atoms with E-state index in [1.807, 2.05) is 48.7 Å². The van der Waals surface area contributed by atoms with Gasteiger partial charge >= 0.3 is 5.97 Å². The van der Waals surface area contributed by atoms with Gasteiger partial charge in [0.2, 0.25) is 0 Å². The summed E-state index contributed by atoms with van der Waals surface area (Å²) in [5.74, 6) is 5.37. The van der Waals surface area contributed by atoms with Gasteiger partial charge in [0.05, 0.1) is 12.3 Å². The van der Waals surface area contributed by atoms with E-state index in [1.165, 1.54) is 5.56 Å². The highest BCUT2D eigenvalue weighted by atomic mass is 16.5. The van der Waals surface area contributed by atoms with Gasteiger partial charge in [-0.1, -0.05) is 54.5 Å². The molecular formula is C28H25NO3. The molecule has 0 aliphatic heterocycles. The topological polar surface area (TPSA) is 62.3 Å². The highest BCUT2D eigenvalue weighted by Gasteiger charge is 2.17. The van der Waals surface area contributed by atoms with Crippen molar-refractivity contribution in [3.05, 3.63) is 102 Å². The van der Waals surface area contributed by atoms with Gasteiger partial charge in [-0.15, -0.1) is 5.92 Å². The molecule has 4 nitrogen and oxygen atoms in total. The average Bonchev–Trinajstić information content (AvgIpc) is 3.27. The predicted molar refractivity (Wildman–Crippen MR) is 127 cm³/mol. The number of aliphatic carboxylic acids is 1. The molecule has 0 fully saturated rings. The zero-order chi connectivity index (χ0) is 22.3. The van der Waals surface area contributed by atoms with Crippen LogP contribution in [0.4, 0.5) is 0 Å². The fourth-order valence-corrected chi connectivity index (χ4v) is 3.87. The number of aromatic nitrogens is 1. The van der Waals surface area contributed by atoms with Crippen LogP contribution in [0.25, 0.3) is 10.9 Å². The van der Waals surface area contributed by atoms with Gasteiger partial charge in [-0.2, -0.15) is 0 Å². The molecule has 0 bridgehead atoms. The number of nitrogens with one attached hydrogen (secondary N) is 1. The quantitative estimate of drug-likeness (QED) is 0.336. The normalized spacial score (nSPS) is 12.5. The van der Waals surface area contributed by atoms with Crippen LogP contribution in [0, 0.1) is 11.8 Å². The lowest BCUT2D eigenvalue weighted by Crippen LogP contribution is -2.11. The summed E-state index contributed by atoms with van der Waals surface area (Å²) in [6, 6.07) is 26.3. The maximum atomic E-state index is 11.2. The Hall–Kier alpha value is -3.97. The first-order chi connectivity index (χ1) is 15.6. The van der Waals surface area contributed by atoms with Gasteiger partial charge in [-0.3, -0.25) is 4.79 Å². The maximum absolute atomic E-state index is 11.2. The van der Waals surface area contributed by atoms with E-state index < -0.39 is 5.97 Å². The molecular weight excluding hydrogens is 398 g/mol. The Morgan fingerprint density at radius 3 is 2.47 bits per heavy atom. The van der Waals surface area contributed by atoms with Gasteiger partial charge in [-0.25, -0.2) is 0 Å². The monoisotopic (exact) mass is 423 g/mol. The zero-order valence-corrected chi connectivity index (χ0v) is 17.9. The minimum Gasteiger partial charge on any atom is -0.485 e. The first-order valence-corrected chi connectivity index (χ1v) is 10.6. The summed E-state index contributed by atoms with van der Waals surface area (Å²) in [6.45, 7) is 1.72. The Kier molecular flexibility index (Phi) is 6.57. The van der Waals surface area contributed by atoms with Crippen LogP contribution < -0.4 is 4.74 Å². The lowest BCUT2D eigenvalue weighted by atomic mass is 9.96. The number of carboxylic acid groups (broad SMARTS) is 1. The van der Waals surface area contributed by atoms with Crippen molar-refractivity contribution in [3.63, 3.8) is 0 Å². The molecule has 3 aromatic carbocycles. The lowest BCUT2D eigenvalue weighted by Gasteiger charge is -2.21. The molecule has 4 rings (SSSR count). The molecule has 2 atom stereocenters. The highest BCUT2D eigenvalue weighted by molar-refractivity contribution is 5.80. The summed E-state index contributed by atoms with van der Waals surface area (Å²) in [7, 11) is 0. The number of hydrogen-bond donors (Lipinski definition) is 2. The van der Waals surface area contributed by atoms with Crippen LogP contribution in [0.2, 0.25) is 0 Å². The van der Waals surface area contributed by atoms with Crippen molar-refractivity contribution in [2.24, 2.45) is 0 Å². The van der Waals surface area contributed by atoms with Crippen LogP contribution in [0.1, 0.15) is 42.1 Å². The van der Waals surface area contributed by atoms with Gasteiger partial charge in [-0.05, 0) is 59.3 Å². The predicted octanol–water partition coefficient (Wildman–Crippen LogP) is 6.11. The second kappa shape index (κ2) is 9.89. The van der Waals surface area contributed by atoms with Gasteiger partial charge in [0, 0.05) is 18.1 Å². The third-order valence-corrected chi connectivity index (χ3v) is 5.47. The third kappa shape index (κ3) is 5.19. The number of benzene rings is 3. The summed E-state index contributed by atoms with van der Waals surface area (Å²) < 4.78 is 6.44. The van der Waals surface area contributed by atoms with Gasteiger partial charge in [0.15, 0.2) is 0 Å². The Morgan fingerprint density at radius 2 is 1.75 bits per heavy atom. The highest BCUT2D eigenvalue weighted by Crippen LogP contribution is 2.29. The molecule has 4 aromatic rings. The van der Waals surface area contributed by atoms with Crippen LogP contribution in [0.5, 0.6) is 5.75 Å². The molecule has 0 aliphatic rings. The first-order valence-electron chi connectivity index (χ1n) is 10.6. The largest absolute Gasteiger partial charge is 0.485 e. The zero-order valence-electron chi connectivity index (χ0n) is 17.9. The average molecular weight is 424 g/mol. The fraction of sp³-hybridized carbons (Fsp3) is 0.179. The summed E-state index contributed by atoms with van der Waals surface area (Å²) in [5, 5.41) is 10.3. The number of aromatic amines is 1. The first kappa shape index (κ1) is 21.3. The van der Waals surface area contributed by atoms with Gasteiger partial charge in [0.1, 0.15) is 11.9 Å². The molecule has 0 radical (unpaired) electrons. The van der Waals surface area contributed by atoms with Crippen molar-refractivity contribution in [2.75, 3.05) is 0 Å². The number of H-pyrrole nitrogens is 1. The van der Waals surface area contributed by atoms with E-state index >= 15 is 0 Å². The molecule has 1 aromatic heterocycles. The molecule has 0 saturated heterocycles. The fourth-order valence-electron chi connectivity index (χ4n) is 3.87. The van der Waals surface area contributed by atoms with E-state index in [0.717, 1.165) is 34.2 Å². The number of hydrogen-bond acceptors (Lipinski definition) is 2. The van der Waals surface area contributed by atoms with E-state index in [-0.39, 0.29) is 18.4 Å². The Bertz CT molecular complexity index is 1250. The van der Waals surface area contributed by atoms with Gasteiger partial charge in [0.25, 0.3) is 0 Å². The minimum atomic E-state index is -0.860. The van der Waals surface area contributed by atoms with Crippen LogP contribution in [0.15, 0.2) is 85.1 Å². The van der Waals surface area contributed by atoms with E-state index in [1.54, 1.807) is 6.92 Å². The number of carboxylic acids is 1. The van der Waals surface area contributed by atoms with Crippen molar-refractivity contribution >= 4 is 16.9 Å². The lowest BCUT2D eigenvalue weighted by molar-refractivity contribution is -0.137. The van der Waals surface area contributed by atoms with Crippen molar-refractivity contribution in [1.82, 2.24) is 4.98 Å². The molecule has 0 amide bonds. The summed E-state index contributed by atoms with van der Waals surface area (Å²) in [6.07, 6.45) is 2.50. The van der Waals surface area contributed by atoms with Crippen molar-refractivity contribution < 1.29 is 14.6 Å². The standard InChI is InChI=1S/C28H25NO3/c1-2-6-22(19-28(30)31)21-9-12-25(13-10-21)32-27(17-20-7-4-3-5-8-20)24-11-14-26-23(18-24)15-16-29-26/h3-5,7-16,18,22,27,29H,17,19H2,1H3,(H,30,31). The summed E-state index contributed by atoms with van der Waals surface area (Å²) >= 11 is 0. The molecule has 2 N–H and O–H groups in total. The minimum absolute atomic E-state index is 0.0195. The van der Waals surface area contributed by atoms with E-state index in [2.05, 4.69) is 53.2 Å². The SMILES string of the molecule is CC#CC(CC(=O)O)c1ccc(OC(Cc2ccccc2)c2ccc3[nH]ccc3c2)cc1. The van der Waals surface area contributed by atoms with Crippen molar-refractivity contribution in [3.8, 4) is 17.6 Å². The van der Waals surface area contributed by atoms with Crippen molar-refractivity contribution in [2.45, 2.75) is 31.8 Å². The molecule has 2 unspecified atom stereocenters. The van der Waals surface area contributed by atoms with E-state index in [0.29, 0.717) is 0 Å². The molecule has 4 heteroatoms. The summed E-state index contributed by atoms with van der Waals surface area (Å²) in [4.78, 5) is 14.4. The van der Waals surface area contributed by atoms with E-state index in [9.17, 15) is 9.90 Å². The third-order valence-electron chi connectivity index (χ3n) is 5.47. The van der Waals surface area contributed by atoms with Crippen LogP contribution >= 0.6 is 0 Å². The molecule has 160 valence electrons. The Balaban J connectivity index is 1.60. The number of ether oxygens (including phenoxy) is 1. The number of carbonyl (C=O) groups is 1. The van der Waals surface area contributed by atoms with Gasteiger partial charge < -0.3 is 14.8 Å². The summed E-state index contributed by atoms with van der Waals surface area (Å²) in [5.41, 5.74) is 4.27. The smallest absolute Gasteiger partial charge is 0.304 e. The maximum Gasteiger partial charge on any atom is 0.304 e. The van der Waals surface area contributed by atoms with Crippen LogP contribution in [-0.2, 0) is 11.2 Å². The molecule has 0 spiro atoms. The van der Waals surface area contributed by atoms with Crippen LogP contribution in [0.3, 0.4) is 0 Å². The second-order valence-electron chi connectivity index (χ2n) is 7.73. The second-order valence-corrected chi connectivity index (χ2v) is 7.73. The van der Waals surface area contributed by atoms with Crippen molar-refractivity contribution in [1.29, 1.82) is 0 Å². The molecule has 32 heavy (non-hydrogen) atoms. The number of rotatable bonds is 8. The molecule has 1 heterocycles. The Labute approximate surface area is 187 Å². The Morgan fingerprint density at radius 1 is 1.00 bits per heavy atom. The van der Waals surface area contributed by atoms with Crippen LogP contribution in [-0.4, -0.2) is 16.1 Å². The number of fused-ring (bicyclic) bond motifs is 1. The molecule has 0 saturated carbocycles.